The van der Waals surface area contributed by atoms with E-state index in [0.717, 1.165) is 5.56 Å². The van der Waals surface area contributed by atoms with Gasteiger partial charge in [0, 0.05) is 0 Å². The zero-order valence-electron chi connectivity index (χ0n) is 6.78. The highest BCUT2D eigenvalue weighted by molar-refractivity contribution is 5.20. The van der Waals surface area contributed by atoms with Crippen molar-refractivity contribution in [3.8, 4) is 0 Å². The highest BCUT2D eigenvalue weighted by atomic mass is 16.3. The third kappa shape index (κ3) is 1.85. The summed E-state index contributed by atoms with van der Waals surface area (Å²) in [5.41, 5.74) is -0.300. The van der Waals surface area contributed by atoms with E-state index in [9.17, 15) is 10.2 Å². The molecule has 1 atom stereocenters. The average Bonchev–Trinajstić information content (AvgIpc) is 2.34. The number of aliphatic hydroxyl groups is 2. The first kappa shape index (κ1) is 8.37. The first-order valence-electron chi connectivity index (χ1n) is 3.64. The fraction of sp³-hybridized carbons (Fsp3) is 0.444. The molecule has 0 radical (unpaired) electrons. The van der Waals surface area contributed by atoms with Crippen LogP contribution in [-0.2, 0) is 0 Å². The molecule has 1 aromatic rings. The molecule has 0 spiro atoms. The molecule has 0 aromatic heterocycles. The SMILES string of the molecule is CC(C)(O)[C@H](O)c1ccc[cH-]1. The topological polar surface area (TPSA) is 40.5 Å². The van der Waals surface area contributed by atoms with Gasteiger partial charge in [0.2, 0.25) is 0 Å². The number of hydrogen-bond donors (Lipinski definition) is 2. The minimum Gasteiger partial charge on any atom is -0.388 e. The lowest BCUT2D eigenvalue weighted by molar-refractivity contribution is -0.0495. The van der Waals surface area contributed by atoms with Crippen molar-refractivity contribution >= 4 is 0 Å². The second kappa shape index (κ2) is 2.72. The lowest BCUT2D eigenvalue weighted by Crippen LogP contribution is -2.28. The van der Waals surface area contributed by atoms with Crippen LogP contribution >= 0.6 is 0 Å². The number of rotatable bonds is 2. The summed E-state index contributed by atoms with van der Waals surface area (Å²) in [5.74, 6) is 0. The Morgan fingerprint density at radius 2 is 2.18 bits per heavy atom. The van der Waals surface area contributed by atoms with Crippen LogP contribution in [0, 0.1) is 0 Å². The second-order valence-corrected chi connectivity index (χ2v) is 3.27. The van der Waals surface area contributed by atoms with E-state index in [1.54, 1.807) is 26.0 Å². The summed E-state index contributed by atoms with van der Waals surface area (Å²) in [6.07, 6.45) is -0.794. The summed E-state index contributed by atoms with van der Waals surface area (Å²) in [5, 5.41) is 18.9. The Kier molecular flexibility index (Phi) is 2.07. The lowest BCUT2D eigenvalue weighted by atomic mass is 9.97. The molecule has 0 heterocycles. The van der Waals surface area contributed by atoms with E-state index in [0.29, 0.717) is 0 Å². The maximum Gasteiger partial charge on any atom is 0.0870 e. The van der Waals surface area contributed by atoms with Crippen LogP contribution in [0.4, 0.5) is 0 Å². The Morgan fingerprint density at radius 3 is 2.55 bits per heavy atom. The quantitative estimate of drug-likeness (QED) is 0.627. The van der Waals surface area contributed by atoms with Gasteiger partial charge in [0.1, 0.15) is 0 Å². The fourth-order valence-electron chi connectivity index (χ4n) is 0.979. The van der Waals surface area contributed by atoms with Crippen LogP contribution in [0.25, 0.3) is 0 Å². The number of hydrogen-bond acceptors (Lipinski definition) is 2. The smallest absolute Gasteiger partial charge is 0.0870 e. The standard InChI is InChI=1S/C9H13O2/c1-9(2,11)8(10)7-5-3-4-6-7/h3-6,8,10-11H,1-2H3/q-1/t8-/m1/s1. The van der Waals surface area contributed by atoms with Crippen LogP contribution in [0.15, 0.2) is 24.3 Å². The molecule has 1 aromatic carbocycles. The van der Waals surface area contributed by atoms with Crippen molar-refractivity contribution in [1.82, 2.24) is 0 Å². The van der Waals surface area contributed by atoms with Crippen molar-refractivity contribution in [3.05, 3.63) is 29.8 Å². The van der Waals surface area contributed by atoms with Crippen LogP contribution in [0.1, 0.15) is 25.5 Å². The molecule has 11 heavy (non-hydrogen) atoms. The molecule has 2 nitrogen and oxygen atoms in total. The van der Waals surface area contributed by atoms with E-state index in [-0.39, 0.29) is 0 Å². The van der Waals surface area contributed by atoms with Gasteiger partial charge in [-0.3, -0.25) is 0 Å². The third-order valence-corrected chi connectivity index (χ3v) is 1.67. The lowest BCUT2D eigenvalue weighted by Gasteiger charge is -2.26. The van der Waals surface area contributed by atoms with E-state index in [4.69, 9.17) is 0 Å². The van der Waals surface area contributed by atoms with Crippen molar-refractivity contribution in [2.45, 2.75) is 25.6 Å². The molecule has 0 aliphatic heterocycles. The summed E-state index contributed by atoms with van der Waals surface area (Å²) < 4.78 is 0. The van der Waals surface area contributed by atoms with Crippen LogP contribution in [0.2, 0.25) is 0 Å². The maximum absolute atomic E-state index is 9.50. The zero-order chi connectivity index (χ0) is 8.48. The molecular weight excluding hydrogens is 140 g/mol. The molecule has 1 rings (SSSR count). The van der Waals surface area contributed by atoms with E-state index in [1.807, 2.05) is 12.1 Å². The van der Waals surface area contributed by atoms with E-state index in [2.05, 4.69) is 0 Å². The van der Waals surface area contributed by atoms with Gasteiger partial charge in [-0.05, 0) is 13.8 Å². The number of aliphatic hydroxyl groups excluding tert-OH is 1. The van der Waals surface area contributed by atoms with Gasteiger partial charge >= 0.3 is 0 Å². The van der Waals surface area contributed by atoms with Crippen molar-refractivity contribution in [2.24, 2.45) is 0 Å². The van der Waals surface area contributed by atoms with Gasteiger partial charge in [0.15, 0.2) is 0 Å². The molecule has 2 heteroatoms. The summed E-state index contributed by atoms with van der Waals surface area (Å²) >= 11 is 0. The largest absolute Gasteiger partial charge is 0.388 e. The van der Waals surface area contributed by atoms with Gasteiger partial charge in [-0.2, -0.15) is 12.1 Å². The molecule has 2 N–H and O–H groups in total. The normalized spacial score (nSPS) is 14.9. The molecule has 0 amide bonds. The van der Waals surface area contributed by atoms with Crippen molar-refractivity contribution in [1.29, 1.82) is 0 Å². The Balaban J connectivity index is 2.78. The highest BCUT2D eigenvalue weighted by Gasteiger charge is 2.22. The Bertz CT molecular complexity index is 206. The molecular formula is C9H13O2-. The molecule has 62 valence electrons. The van der Waals surface area contributed by atoms with E-state index >= 15 is 0 Å². The van der Waals surface area contributed by atoms with Gasteiger partial charge in [0.05, 0.1) is 11.7 Å². The van der Waals surface area contributed by atoms with Crippen LogP contribution in [0.3, 0.4) is 0 Å². The Labute approximate surface area is 66.5 Å². The molecule has 0 fully saturated rings. The molecule has 0 bridgehead atoms. The van der Waals surface area contributed by atoms with Gasteiger partial charge in [-0.1, -0.05) is 0 Å². The summed E-state index contributed by atoms with van der Waals surface area (Å²) in [6.45, 7) is 3.18. The van der Waals surface area contributed by atoms with Crippen LogP contribution in [-0.4, -0.2) is 15.8 Å². The predicted octanol–water partition coefficient (Wildman–Crippen LogP) is 1.21. The van der Waals surface area contributed by atoms with Gasteiger partial charge in [-0.15, -0.1) is 5.56 Å². The Hall–Kier alpha value is -0.730. The first-order chi connectivity index (χ1) is 5.02. The summed E-state index contributed by atoms with van der Waals surface area (Å²) in [7, 11) is 0. The molecule has 0 saturated heterocycles. The monoisotopic (exact) mass is 153 g/mol. The molecule has 0 aliphatic rings. The maximum atomic E-state index is 9.50. The van der Waals surface area contributed by atoms with Crippen molar-refractivity contribution < 1.29 is 10.2 Å². The molecule has 0 saturated carbocycles. The molecule has 0 aliphatic carbocycles. The minimum atomic E-state index is -1.06. The van der Waals surface area contributed by atoms with Gasteiger partial charge in [-0.25, -0.2) is 12.1 Å². The van der Waals surface area contributed by atoms with Crippen LogP contribution in [0.5, 0.6) is 0 Å². The highest BCUT2D eigenvalue weighted by Crippen LogP contribution is 2.24. The van der Waals surface area contributed by atoms with Crippen molar-refractivity contribution in [2.75, 3.05) is 0 Å². The first-order valence-corrected chi connectivity index (χ1v) is 3.64. The van der Waals surface area contributed by atoms with Gasteiger partial charge in [0.25, 0.3) is 0 Å². The zero-order valence-corrected chi connectivity index (χ0v) is 6.78. The van der Waals surface area contributed by atoms with Crippen molar-refractivity contribution in [3.63, 3.8) is 0 Å². The third-order valence-electron chi connectivity index (χ3n) is 1.67. The molecule has 0 unspecified atom stereocenters. The fourth-order valence-corrected chi connectivity index (χ4v) is 0.979. The average molecular weight is 153 g/mol. The summed E-state index contributed by atoms with van der Waals surface area (Å²) in [6, 6.07) is 7.26. The van der Waals surface area contributed by atoms with E-state index < -0.39 is 11.7 Å². The van der Waals surface area contributed by atoms with E-state index in [1.165, 1.54) is 0 Å². The van der Waals surface area contributed by atoms with Gasteiger partial charge < -0.3 is 10.2 Å². The second-order valence-electron chi connectivity index (χ2n) is 3.27. The summed E-state index contributed by atoms with van der Waals surface area (Å²) in [4.78, 5) is 0. The Morgan fingerprint density at radius 1 is 1.55 bits per heavy atom. The van der Waals surface area contributed by atoms with Crippen LogP contribution < -0.4 is 0 Å². The minimum absolute atomic E-state index is 0.762. The predicted molar refractivity (Wildman–Crippen MR) is 43.3 cm³/mol.